The Morgan fingerprint density at radius 1 is 0.812 bits per heavy atom. The fourth-order valence-corrected chi connectivity index (χ4v) is 2.77. The van der Waals surface area contributed by atoms with Crippen LogP contribution in [0.4, 0.5) is 0 Å². The number of hydrogen-bond donors (Lipinski definition) is 0. The molecule has 1 aliphatic rings. The molecule has 98 valence electrons. The standard InChI is InChI=1S/C14H30N.BrH/c1-3-4-5-6-7-8-9-12-15(2)13-10-11-14-15;/h3-14H2,1-2H3;1H/q+1;/p-1. The van der Waals surface area contributed by atoms with Gasteiger partial charge < -0.3 is 21.5 Å². The third-order valence-electron chi connectivity index (χ3n) is 3.95. The molecule has 1 saturated heterocycles. The van der Waals surface area contributed by atoms with Crippen LogP contribution in [-0.4, -0.2) is 31.2 Å². The van der Waals surface area contributed by atoms with E-state index in [4.69, 9.17) is 0 Å². The number of nitrogens with zero attached hydrogens (tertiary/aromatic N) is 1. The van der Waals surface area contributed by atoms with E-state index in [-0.39, 0.29) is 17.0 Å². The summed E-state index contributed by atoms with van der Waals surface area (Å²) in [6.45, 7) is 6.61. The van der Waals surface area contributed by atoms with Gasteiger partial charge >= 0.3 is 0 Å². The molecule has 0 bridgehead atoms. The normalized spacial score (nSPS) is 18.4. The van der Waals surface area contributed by atoms with Gasteiger partial charge in [0.05, 0.1) is 26.7 Å². The summed E-state index contributed by atoms with van der Waals surface area (Å²) in [5.74, 6) is 0. The van der Waals surface area contributed by atoms with Gasteiger partial charge in [-0.15, -0.1) is 0 Å². The summed E-state index contributed by atoms with van der Waals surface area (Å²) in [6, 6.07) is 0. The molecule has 16 heavy (non-hydrogen) atoms. The minimum Gasteiger partial charge on any atom is -1.00 e. The molecule has 0 atom stereocenters. The Hall–Kier alpha value is 0.440. The van der Waals surface area contributed by atoms with Crippen LogP contribution in [0.1, 0.15) is 64.7 Å². The first-order chi connectivity index (χ1) is 7.27. The summed E-state index contributed by atoms with van der Waals surface area (Å²) in [6.07, 6.45) is 13.1. The molecule has 1 aliphatic heterocycles. The van der Waals surface area contributed by atoms with Crippen LogP contribution in [0.2, 0.25) is 0 Å². The number of likely N-dealkylation sites (tertiary alicyclic amines) is 1. The van der Waals surface area contributed by atoms with E-state index in [0.29, 0.717) is 0 Å². The van der Waals surface area contributed by atoms with Crippen LogP contribution >= 0.6 is 0 Å². The monoisotopic (exact) mass is 291 g/mol. The maximum atomic E-state index is 2.45. The largest absolute Gasteiger partial charge is 1.00 e. The quantitative estimate of drug-likeness (QED) is 0.462. The zero-order valence-corrected chi connectivity index (χ0v) is 12.9. The minimum absolute atomic E-state index is 0. The Kier molecular flexibility index (Phi) is 9.73. The second kappa shape index (κ2) is 9.47. The van der Waals surface area contributed by atoms with Crippen molar-refractivity contribution < 1.29 is 21.5 Å². The van der Waals surface area contributed by atoms with Crippen molar-refractivity contribution in [3.8, 4) is 0 Å². The van der Waals surface area contributed by atoms with Gasteiger partial charge in [-0.2, -0.15) is 0 Å². The van der Waals surface area contributed by atoms with Gasteiger partial charge in [0.25, 0.3) is 0 Å². The Bertz CT molecular complexity index is 153. The van der Waals surface area contributed by atoms with Crippen LogP contribution in [0.15, 0.2) is 0 Å². The minimum atomic E-state index is 0. The Morgan fingerprint density at radius 2 is 1.31 bits per heavy atom. The third-order valence-corrected chi connectivity index (χ3v) is 3.95. The van der Waals surface area contributed by atoms with E-state index < -0.39 is 0 Å². The highest BCUT2D eigenvalue weighted by atomic mass is 79.9. The lowest BCUT2D eigenvalue weighted by atomic mass is 10.1. The van der Waals surface area contributed by atoms with E-state index in [1.807, 2.05) is 0 Å². The summed E-state index contributed by atoms with van der Waals surface area (Å²) >= 11 is 0. The first kappa shape index (κ1) is 16.4. The van der Waals surface area contributed by atoms with E-state index in [9.17, 15) is 0 Å². The van der Waals surface area contributed by atoms with Crippen molar-refractivity contribution >= 4 is 0 Å². The summed E-state index contributed by atoms with van der Waals surface area (Å²) in [4.78, 5) is 0. The first-order valence-electron chi connectivity index (χ1n) is 7.10. The molecule has 2 heteroatoms. The van der Waals surface area contributed by atoms with Crippen LogP contribution in [0.3, 0.4) is 0 Å². The highest BCUT2D eigenvalue weighted by Crippen LogP contribution is 2.18. The molecule has 0 aromatic heterocycles. The molecule has 0 amide bonds. The van der Waals surface area contributed by atoms with Crippen LogP contribution in [-0.2, 0) is 0 Å². The molecular formula is C14H30BrN. The molecule has 0 radical (unpaired) electrons. The highest BCUT2D eigenvalue weighted by molar-refractivity contribution is 4.52. The number of rotatable bonds is 8. The van der Waals surface area contributed by atoms with Gasteiger partial charge in [0, 0.05) is 12.8 Å². The number of hydrogen-bond acceptors (Lipinski definition) is 0. The molecule has 1 heterocycles. The molecular weight excluding hydrogens is 262 g/mol. The average molecular weight is 292 g/mol. The van der Waals surface area contributed by atoms with E-state index in [1.165, 1.54) is 81.9 Å². The second-order valence-corrected chi connectivity index (χ2v) is 5.62. The van der Waals surface area contributed by atoms with E-state index in [2.05, 4.69) is 14.0 Å². The summed E-state index contributed by atoms with van der Waals surface area (Å²) in [5.41, 5.74) is 0. The molecule has 0 aromatic rings. The van der Waals surface area contributed by atoms with Crippen molar-refractivity contribution in [1.29, 1.82) is 0 Å². The summed E-state index contributed by atoms with van der Waals surface area (Å²) in [7, 11) is 2.45. The van der Waals surface area contributed by atoms with Gasteiger partial charge in [0.2, 0.25) is 0 Å². The molecule has 0 aromatic carbocycles. The highest BCUT2D eigenvalue weighted by Gasteiger charge is 2.25. The van der Waals surface area contributed by atoms with Gasteiger partial charge in [0.1, 0.15) is 0 Å². The predicted octanol–water partition coefficient (Wildman–Crippen LogP) is 0.981. The van der Waals surface area contributed by atoms with Crippen LogP contribution in [0, 0.1) is 0 Å². The summed E-state index contributed by atoms with van der Waals surface area (Å²) < 4.78 is 1.37. The third kappa shape index (κ3) is 6.90. The van der Waals surface area contributed by atoms with Gasteiger partial charge in [-0.3, -0.25) is 0 Å². The molecule has 0 unspecified atom stereocenters. The van der Waals surface area contributed by atoms with E-state index in [1.54, 1.807) is 0 Å². The van der Waals surface area contributed by atoms with Crippen molar-refractivity contribution in [1.82, 2.24) is 0 Å². The lowest BCUT2D eigenvalue weighted by molar-refractivity contribution is -0.897. The smallest absolute Gasteiger partial charge is 0.0786 e. The molecule has 0 saturated carbocycles. The van der Waals surface area contributed by atoms with Gasteiger partial charge in [-0.25, -0.2) is 0 Å². The van der Waals surface area contributed by atoms with Gasteiger partial charge in [-0.05, 0) is 12.8 Å². The maximum absolute atomic E-state index is 2.45. The molecule has 1 nitrogen and oxygen atoms in total. The number of quaternary nitrogens is 1. The van der Waals surface area contributed by atoms with Gasteiger partial charge in [-0.1, -0.05) is 39.0 Å². The van der Waals surface area contributed by atoms with Crippen molar-refractivity contribution in [2.75, 3.05) is 26.7 Å². The lowest BCUT2D eigenvalue weighted by Gasteiger charge is -2.29. The summed E-state index contributed by atoms with van der Waals surface area (Å²) in [5, 5.41) is 0. The zero-order chi connectivity index (χ0) is 11.0. The molecule has 1 fully saturated rings. The second-order valence-electron chi connectivity index (χ2n) is 5.62. The fraction of sp³-hybridized carbons (Fsp3) is 1.00. The van der Waals surface area contributed by atoms with Crippen LogP contribution in [0.25, 0.3) is 0 Å². The molecule has 1 rings (SSSR count). The zero-order valence-electron chi connectivity index (χ0n) is 11.3. The molecule has 0 N–H and O–H groups in total. The predicted molar refractivity (Wildman–Crippen MR) is 68.0 cm³/mol. The van der Waals surface area contributed by atoms with Crippen molar-refractivity contribution in [3.05, 3.63) is 0 Å². The fourth-order valence-electron chi connectivity index (χ4n) is 2.77. The number of unbranched alkanes of at least 4 members (excludes halogenated alkanes) is 6. The number of halogens is 1. The average Bonchev–Trinajstić information content (AvgIpc) is 2.64. The molecule has 0 spiro atoms. The maximum Gasteiger partial charge on any atom is 0.0786 e. The van der Waals surface area contributed by atoms with E-state index >= 15 is 0 Å². The van der Waals surface area contributed by atoms with Crippen molar-refractivity contribution in [2.24, 2.45) is 0 Å². The topological polar surface area (TPSA) is 0 Å². The Labute approximate surface area is 113 Å². The first-order valence-corrected chi connectivity index (χ1v) is 7.10. The van der Waals surface area contributed by atoms with Crippen molar-refractivity contribution in [2.45, 2.75) is 64.7 Å². The van der Waals surface area contributed by atoms with Gasteiger partial charge in [0.15, 0.2) is 0 Å². The van der Waals surface area contributed by atoms with E-state index in [0.717, 1.165) is 0 Å². The van der Waals surface area contributed by atoms with Crippen molar-refractivity contribution in [3.63, 3.8) is 0 Å². The Morgan fingerprint density at radius 3 is 1.88 bits per heavy atom. The Balaban J connectivity index is 0.00000225. The van der Waals surface area contributed by atoms with Crippen LogP contribution in [0.5, 0.6) is 0 Å². The lowest BCUT2D eigenvalue weighted by Crippen LogP contribution is -3.00. The SMILES string of the molecule is CCCCCCCCC[N+]1(C)CCCC1.[Br-]. The molecule has 0 aliphatic carbocycles. The van der Waals surface area contributed by atoms with Crippen LogP contribution < -0.4 is 17.0 Å².